The van der Waals surface area contributed by atoms with Gasteiger partial charge in [-0.1, -0.05) is 6.92 Å². The molecule has 0 fully saturated rings. The molecule has 3 nitrogen and oxygen atoms in total. The topological polar surface area (TPSA) is 42.4 Å². The van der Waals surface area contributed by atoms with E-state index in [2.05, 4.69) is 18.9 Å². The highest BCUT2D eigenvalue weighted by molar-refractivity contribution is 5.12. The van der Waals surface area contributed by atoms with E-state index in [0.29, 0.717) is 6.54 Å². The Balaban J connectivity index is 2.44. The first-order valence-corrected chi connectivity index (χ1v) is 4.71. The quantitative estimate of drug-likeness (QED) is 0.751. The zero-order valence-corrected chi connectivity index (χ0v) is 8.42. The SMILES string of the molecule is CCCN(C)Cc1cc(CN)co1. The molecule has 0 radical (unpaired) electrons. The first kappa shape index (κ1) is 10.3. The van der Waals surface area contributed by atoms with Crippen molar-refractivity contribution in [2.24, 2.45) is 5.73 Å². The minimum atomic E-state index is 0.557. The molecule has 0 aromatic carbocycles. The third kappa shape index (κ3) is 3.20. The fraction of sp³-hybridized carbons (Fsp3) is 0.600. The van der Waals surface area contributed by atoms with E-state index < -0.39 is 0 Å². The summed E-state index contributed by atoms with van der Waals surface area (Å²) in [6.07, 6.45) is 2.90. The van der Waals surface area contributed by atoms with Gasteiger partial charge in [0.05, 0.1) is 12.8 Å². The number of rotatable bonds is 5. The molecule has 0 saturated heterocycles. The van der Waals surface area contributed by atoms with Gasteiger partial charge in [0.2, 0.25) is 0 Å². The fourth-order valence-electron chi connectivity index (χ4n) is 1.34. The molecule has 3 heteroatoms. The van der Waals surface area contributed by atoms with Crippen LogP contribution in [-0.2, 0) is 13.1 Å². The van der Waals surface area contributed by atoms with E-state index in [-0.39, 0.29) is 0 Å². The van der Waals surface area contributed by atoms with Gasteiger partial charge in [-0.25, -0.2) is 0 Å². The fourth-order valence-corrected chi connectivity index (χ4v) is 1.34. The Kier molecular flexibility index (Phi) is 3.99. The highest BCUT2D eigenvalue weighted by Crippen LogP contribution is 2.09. The van der Waals surface area contributed by atoms with Crippen LogP contribution < -0.4 is 5.73 Å². The van der Waals surface area contributed by atoms with Crippen LogP contribution in [0.25, 0.3) is 0 Å². The predicted molar refractivity (Wildman–Crippen MR) is 53.2 cm³/mol. The van der Waals surface area contributed by atoms with Crippen molar-refractivity contribution in [3.05, 3.63) is 23.7 Å². The van der Waals surface area contributed by atoms with Gasteiger partial charge in [0.25, 0.3) is 0 Å². The molecule has 0 amide bonds. The molecular formula is C10H18N2O. The van der Waals surface area contributed by atoms with Crippen LogP contribution in [0.2, 0.25) is 0 Å². The largest absolute Gasteiger partial charge is 0.468 e. The molecule has 1 aromatic rings. The second kappa shape index (κ2) is 5.04. The zero-order chi connectivity index (χ0) is 9.68. The molecular weight excluding hydrogens is 164 g/mol. The third-order valence-electron chi connectivity index (χ3n) is 1.97. The number of furan rings is 1. The highest BCUT2D eigenvalue weighted by atomic mass is 16.3. The van der Waals surface area contributed by atoms with E-state index in [1.54, 1.807) is 6.26 Å². The van der Waals surface area contributed by atoms with Crippen molar-refractivity contribution >= 4 is 0 Å². The Labute approximate surface area is 79.5 Å². The summed E-state index contributed by atoms with van der Waals surface area (Å²) in [5, 5.41) is 0. The van der Waals surface area contributed by atoms with Crippen molar-refractivity contribution in [2.45, 2.75) is 26.4 Å². The lowest BCUT2D eigenvalue weighted by molar-refractivity contribution is 0.295. The lowest BCUT2D eigenvalue weighted by atomic mass is 10.3. The van der Waals surface area contributed by atoms with Crippen LogP contribution in [0.3, 0.4) is 0 Å². The second-order valence-corrected chi connectivity index (χ2v) is 3.36. The van der Waals surface area contributed by atoms with Gasteiger partial charge in [-0.15, -0.1) is 0 Å². The molecule has 1 aromatic heterocycles. The van der Waals surface area contributed by atoms with Crippen molar-refractivity contribution in [1.82, 2.24) is 4.90 Å². The Morgan fingerprint density at radius 3 is 2.85 bits per heavy atom. The summed E-state index contributed by atoms with van der Waals surface area (Å²) in [6.45, 7) is 4.69. The average Bonchev–Trinajstić information content (AvgIpc) is 2.52. The molecule has 0 saturated carbocycles. The van der Waals surface area contributed by atoms with Crippen LogP contribution in [0, 0.1) is 0 Å². The van der Waals surface area contributed by atoms with Crippen molar-refractivity contribution in [3.8, 4) is 0 Å². The molecule has 1 rings (SSSR count). The molecule has 74 valence electrons. The lowest BCUT2D eigenvalue weighted by Crippen LogP contribution is -2.17. The van der Waals surface area contributed by atoms with Gasteiger partial charge in [0, 0.05) is 12.1 Å². The first-order chi connectivity index (χ1) is 6.26. The average molecular weight is 182 g/mol. The Morgan fingerprint density at radius 1 is 1.54 bits per heavy atom. The Hall–Kier alpha value is -0.800. The lowest BCUT2D eigenvalue weighted by Gasteiger charge is -2.12. The highest BCUT2D eigenvalue weighted by Gasteiger charge is 2.03. The smallest absolute Gasteiger partial charge is 0.118 e. The van der Waals surface area contributed by atoms with E-state index in [4.69, 9.17) is 10.2 Å². The predicted octanol–water partition coefficient (Wildman–Crippen LogP) is 1.58. The normalized spacial score (nSPS) is 11.1. The summed E-state index contributed by atoms with van der Waals surface area (Å²) in [5.41, 5.74) is 6.55. The van der Waals surface area contributed by atoms with Crippen LogP contribution in [0.1, 0.15) is 24.7 Å². The van der Waals surface area contributed by atoms with E-state index >= 15 is 0 Å². The van der Waals surface area contributed by atoms with Crippen LogP contribution in [0.15, 0.2) is 16.7 Å². The van der Waals surface area contributed by atoms with Crippen LogP contribution in [0.4, 0.5) is 0 Å². The number of nitrogens with two attached hydrogens (primary N) is 1. The van der Waals surface area contributed by atoms with Gasteiger partial charge in [0.15, 0.2) is 0 Å². The van der Waals surface area contributed by atoms with Gasteiger partial charge < -0.3 is 10.2 Å². The second-order valence-electron chi connectivity index (χ2n) is 3.36. The maximum atomic E-state index is 5.48. The zero-order valence-electron chi connectivity index (χ0n) is 8.42. The molecule has 0 aliphatic heterocycles. The van der Waals surface area contributed by atoms with Crippen LogP contribution >= 0.6 is 0 Å². The summed E-state index contributed by atoms with van der Waals surface area (Å²) in [7, 11) is 2.09. The monoisotopic (exact) mass is 182 g/mol. The molecule has 0 bridgehead atoms. The minimum absolute atomic E-state index is 0.557. The summed E-state index contributed by atoms with van der Waals surface area (Å²) >= 11 is 0. The third-order valence-corrected chi connectivity index (χ3v) is 1.97. The van der Waals surface area contributed by atoms with Crippen molar-refractivity contribution < 1.29 is 4.42 Å². The molecule has 13 heavy (non-hydrogen) atoms. The van der Waals surface area contributed by atoms with Crippen molar-refractivity contribution in [2.75, 3.05) is 13.6 Å². The molecule has 0 unspecified atom stereocenters. The Bertz CT molecular complexity index is 245. The minimum Gasteiger partial charge on any atom is -0.468 e. The van der Waals surface area contributed by atoms with Crippen LogP contribution in [-0.4, -0.2) is 18.5 Å². The molecule has 0 aliphatic rings. The molecule has 1 heterocycles. The van der Waals surface area contributed by atoms with Crippen LogP contribution in [0.5, 0.6) is 0 Å². The van der Waals surface area contributed by atoms with Crippen molar-refractivity contribution in [1.29, 1.82) is 0 Å². The number of nitrogens with zero attached hydrogens (tertiary/aromatic N) is 1. The summed E-state index contributed by atoms with van der Waals surface area (Å²) < 4.78 is 5.35. The number of hydrogen-bond donors (Lipinski definition) is 1. The summed E-state index contributed by atoms with van der Waals surface area (Å²) in [6, 6.07) is 2.02. The maximum Gasteiger partial charge on any atom is 0.118 e. The van der Waals surface area contributed by atoms with E-state index in [1.165, 1.54) is 6.42 Å². The van der Waals surface area contributed by atoms with Gasteiger partial charge in [-0.3, -0.25) is 4.90 Å². The number of hydrogen-bond acceptors (Lipinski definition) is 3. The van der Waals surface area contributed by atoms with E-state index in [0.717, 1.165) is 24.4 Å². The summed E-state index contributed by atoms with van der Waals surface area (Å²) in [4.78, 5) is 2.24. The molecule has 2 N–H and O–H groups in total. The van der Waals surface area contributed by atoms with E-state index in [1.807, 2.05) is 6.07 Å². The summed E-state index contributed by atoms with van der Waals surface area (Å²) in [5.74, 6) is 0.997. The molecule has 0 aliphatic carbocycles. The molecule has 0 spiro atoms. The van der Waals surface area contributed by atoms with Crippen molar-refractivity contribution in [3.63, 3.8) is 0 Å². The Morgan fingerprint density at radius 2 is 2.31 bits per heavy atom. The standard InChI is InChI=1S/C10H18N2O/c1-3-4-12(2)7-10-5-9(6-11)8-13-10/h5,8H,3-4,6-7,11H2,1-2H3. The van der Waals surface area contributed by atoms with Gasteiger partial charge in [-0.05, 0) is 26.1 Å². The molecule has 0 atom stereocenters. The van der Waals surface area contributed by atoms with E-state index in [9.17, 15) is 0 Å². The maximum absolute atomic E-state index is 5.48. The van der Waals surface area contributed by atoms with Gasteiger partial charge >= 0.3 is 0 Å². The van der Waals surface area contributed by atoms with Gasteiger partial charge in [-0.2, -0.15) is 0 Å². The van der Waals surface area contributed by atoms with Gasteiger partial charge in [0.1, 0.15) is 5.76 Å². The first-order valence-electron chi connectivity index (χ1n) is 4.71.